The Hall–Kier alpha value is -2.42. The average molecular weight is 323 g/mol. The summed E-state index contributed by atoms with van der Waals surface area (Å²) >= 11 is 0. The molecule has 1 aromatic heterocycles. The molecule has 1 fully saturated rings. The van der Waals surface area contributed by atoms with Crippen molar-refractivity contribution in [1.82, 2.24) is 4.98 Å². The van der Waals surface area contributed by atoms with Gasteiger partial charge in [-0.2, -0.15) is 5.26 Å². The van der Waals surface area contributed by atoms with Gasteiger partial charge in [0.15, 0.2) is 0 Å². The fourth-order valence-corrected chi connectivity index (χ4v) is 2.67. The van der Waals surface area contributed by atoms with Crippen molar-refractivity contribution >= 4 is 5.82 Å². The third kappa shape index (κ3) is 4.79. The van der Waals surface area contributed by atoms with E-state index in [4.69, 9.17) is 14.7 Å². The van der Waals surface area contributed by atoms with Gasteiger partial charge in [-0.15, -0.1) is 0 Å². The summed E-state index contributed by atoms with van der Waals surface area (Å²) in [5.74, 6) is 0.706. The quantitative estimate of drug-likeness (QED) is 0.884. The maximum Gasteiger partial charge on any atom is 0.142 e. The molecular formula is C19H21N3O2. The zero-order valence-corrected chi connectivity index (χ0v) is 13.6. The summed E-state index contributed by atoms with van der Waals surface area (Å²) in [6, 6.07) is 15.8. The molecule has 1 aromatic carbocycles. The Morgan fingerprint density at radius 3 is 2.79 bits per heavy atom. The molecule has 1 saturated heterocycles. The number of pyridine rings is 1. The van der Waals surface area contributed by atoms with E-state index in [1.807, 2.05) is 24.3 Å². The molecule has 0 saturated carbocycles. The highest BCUT2D eigenvalue weighted by Crippen LogP contribution is 2.15. The van der Waals surface area contributed by atoms with Crippen molar-refractivity contribution in [3.63, 3.8) is 0 Å². The number of nitriles is 1. The Balaban J connectivity index is 1.53. The second-order valence-electron chi connectivity index (χ2n) is 5.82. The molecule has 0 radical (unpaired) electrons. The SMILES string of the molecule is N#Cc1cccc(NCc2cccc(COC3CCOCC3)c2)n1. The Labute approximate surface area is 142 Å². The van der Waals surface area contributed by atoms with Crippen LogP contribution in [0.4, 0.5) is 5.82 Å². The van der Waals surface area contributed by atoms with Crippen molar-refractivity contribution in [2.45, 2.75) is 32.1 Å². The summed E-state index contributed by atoms with van der Waals surface area (Å²) in [5, 5.41) is 12.1. The van der Waals surface area contributed by atoms with Crippen molar-refractivity contribution in [2.75, 3.05) is 18.5 Å². The van der Waals surface area contributed by atoms with Gasteiger partial charge < -0.3 is 14.8 Å². The minimum Gasteiger partial charge on any atom is -0.381 e. The lowest BCUT2D eigenvalue weighted by molar-refractivity contribution is -0.0390. The normalized spacial score (nSPS) is 15.0. The minimum atomic E-state index is 0.304. The topological polar surface area (TPSA) is 67.2 Å². The first-order valence-corrected chi connectivity index (χ1v) is 8.22. The van der Waals surface area contributed by atoms with Gasteiger partial charge in [0.25, 0.3) is 0 Å². The van der Waals surface area contributed by atoms with E-state index in [2.05, 4.69) is 28.5 Å². The van der Waals surface area contributed by atoms with Gasteiger partial charge >= 0.3 is 0 Å². The molecule has 5 heteroatoms. The Bertz CT molecular complexity index is 706. The molecule has 124 valence electrons. The van der Waals surface area contributed by atoms with Crippen LogP contribution in [0.5, 0.6) is 0 Å². The summed E-state index contributed by atoms with van der Waals surface area (Å²) in [6.45, 7) is 2.88. The third-order valence-corrected chi connectivity index (χ3v) is 3.98. The van der Waals surface area contributed by atoms with Crippen LogP contribution in [-0.4, -0.2) is 24.3 Å². The van der Waals surface area contributed by atoms with Crippen molar-refractivity contribution in [2.24, 2.45) is 0 Å². The van der Waals surface area contributed by atoms with E-state index in [1.165, 1.54) is 5.56 Å². The van der Waals surface area contributed by atoms with E-state index in [1.54, 1.807) is 6.07 Å². The van der Waals surface area contributed by atoms with Gasteiger partial charge in [0.1, 0.15) is 17.6 Å². The van der Waals surface area contributed by atoms with E-state index < -0.39 is 0 Å². The Morgan fingerprint density at radius 1 is 1.17 bits per heavy atom. The molecule has 0 unspecified atom stereocenters. The summed E-state index contributed by atoms with van der Waals surface area (Å²) in [7, 11) is 0. The van der Waals surface area contributed by atoms with E-state index in [9.17, 15) is 0 Å². The molecule has 5 nitrogen and oxygen atoms in total. The predicted molar refractivity (Wildman–Crippen MR) is 91.4 cm³/mol. The van der Waals surface area contributed by atoms with Crippen LogP contribution < -0.4 is 5.32 Å². The highest BCUT2D eigenvalue weighted by atomic mass is 16.5. The first-order chi connectivity index (χ1) is 11.8. The highest BCUT2D eigenvalue weighted by Gasteiger charge is 2.13. The molecule has 24 heavy (non-hydrogen) atoms. The predicted octanol–water partition coefficient (Wildman–Crippen LogP) is 3.26. The monoisotopic (exact) mass is 323 g/mol. The lowest BCUT2D eigenvalue weighted by atomic mass is 10.1. The van der Waals surface area contributed by atoms with E-state index >= 15 is 0 Å². The second kappa shape index (κ2) is 8.44. The number of benzene rings is 1. The molecular weight excluding hydrogens is 302 g/mol. The highest BCUT2D eigenvalue weighted by molar-refractivity contribution is 5.39. The van der Waals surface area contributed by atoms with Crippen LogP contribution >= 0.6 is 0 Å². The smallest absolute Gasteiger partial charge is 0.142 e. The molecule has 0 bridgehead atoms. The number of nitrogens with one attached hydrogen (secondary N) is 1. The first kappa shape index (κ1) is 16.4. The van der Waals surface area contributed by atoms with E-state index in [-0.39, 0.29) is 0 Å². The van der Waals surface area contributed by atoms with Crippen molar-refractivity contribution < 1.29 is 9.47 Å². The van der Waals surface area contributed by atoms with Crippen LogP contribution in [-0.2, 0) is 22.6 Å². The molecule has 1 aliphatic rings. The number of hydrogen-bond acceptors (Lipinski definition) is 5. The lowest BCUT2D eigenvalue weighted by Crippen LogP contribution is -2.23. The van der Waals surface area contributed by atoms with Gasteiger partial charge in [0.2, 0.25) is 0 Å². The maximum absolute atomic E-state index is 8.89. The second-order valence-corrected chi connectivity index (χ2v) is 5.82. The number of rotatable bonds is 6. The van der Waals surface area contributed by atoms with Gasteiger partial charge in [-0.1, -0.05) is 30.3 Å². The zero-order chi connectivity index (χ0) is 16.6. The van der Waals surface area contributed by atoms with Crippen LogP contribution in [0.15, 0.2) is 42.5 Å². The van der Waals surface area contributed by atoms with Gasteiger partial charge in [-0.3, -0.25) is 0 Å². The summed E-state index contributed by atoms with van der Waals surface area (Å²) in [4.78, 5) is 4.22. The summed E-state index contributed by atoms with van der Waals surface area (Å²) < 4.78 is 11.3. The summed E-state index contributed by atoms with van der Waals surface area (Å²) in [6.07, 6.45) is 2.25. The fraction of sp³-hybridized carbons (Fsp3) is 0.368. The van der Waals surface area contributed by atoms with E-state index in [0.29, 0.717) is 30.8 Å². The van der Waals surface area contributed by atoms with Crippen LogP contribution in [0, 0.1) is 11.3 Å². The standard InChI is InChI=1S/C19H21N3O2/c20-12-17-5-2-6-19(22-17)21-13-15-3-1-4-16(11-15)14-24-18-7-9-23-10-8-18/h1-6,11,18H,7-10,13-14H2,(H,21,22). The van der Waals surface area contributed by atoms with Crippen molar-refractivity contribution in [3.05, 3.63) is 59.3 Å². The van der Waals surface area contributed by atoms with Crippen LogP contribution in [0.3, 0.4) is 0 Å². The van der Waals surface area contributed by atoms with Crippen LogP contribution in [0.1, 0.15) is 29.7 Å². The molecule has 1 N–H and O–H groups in total. The largest absolute Gasteiger partial charge is 0.381 e. The molecule has 2 heterocycles. The molecule has 2 aromatic rings. The molecule has 0 spiro atoms. The molecule has 1 aliphatic heterocycles. The number of anilines is 1. The first-order valence-electron chi connectivity index (χ1n) is 8.22. The van der Waals surface area contributed by atoms with Crippen molar-refractivity contribution in [1.29, 1.82) is 5.26 Å². The zero-order valence-electron chi connectivity index (χ0n) is 13.6. The molecule has 0 aliphatic carbocycles. The lowest BCUT2D eigenvalue weighted by Gasteiger charge is -2.22. The Morgan fingerprint density at radius 2 is 1.96 bits per heavy atom. The van der Waals surface area contributed by atoms with Gasteiger partial charge in [-0.05, 0) is 36.1 Å². The number of ether oxygens (including phenoxy) is 2. The van der Waals surface area contributed by atoms with E-state index in [0.717, 1.165) is 31.6 Å². The average Bonchev–Trinajstić information content (AvgIpc) is 2.66. The summed E-state index contributed by atoms with van der Waals surface area (Å²) in [5.41, 5.74) is 2.74. The number of hydrogen-bond donors (Lipinski definition) is 1. The van der Waals surface area contributed by atoms with Gasteiger partial charge in [0, 0.05) is 19.8 Å². The fourth-order valence-electron chi connectivity index (χ4n) is 2.67. The number of aromatic nitrogens is 1. The van der Waals surface area contributed by atoms with Crippen molar-refractivity contribution in [3.8, 4) is 6.07 Å². The van der Waals surface area contributed by atoms with Crippen LogP contribution in [0.2, 0.25) is 0 Å². The van der Waals surface area contributed by atoms with Crippen LogP contribution in [0.25, 0.3) is 0 Å². The van der Waals surface area contributed by atoms with Gasteiger partial charge in [-0.25, -0.2) is 4.98 Å². The maximum atomic E-state index is 8.89. The van der Waals surface area contributed by atoms with Gasteiger partial charge in [0.05, 0.1) is 12.7 Å². The molecule has 0 atom stereocenters. The third-order valence-electron chi connectivity index (χ3n) is 3.98. The minimum absolute atomic E-state index is 0.304. The Kier molecular flexibility index (Phi) is 5.78. The number of nitrogens with zero attached hydrogens (tertiary/aromatic N) is 2. The molecule has 3 rings (SSSR count). The molecule has 0 amide bonds.